The van der Waals surface area contributed by atoms with E-state index in [9.17, 15) is 0 Å². The molecule has 2 bridgehead atoms. The van der Waals surface area contributed by atoms with Crippen molar-refractivity contribution >= 4 is 5.96 Å². The zero-order chi connectivity index (χ0) is 14.8. The minimum atomic E-state index is 0.107. The summed E-state index contributed by atoms with van der Waals surface area (Å²) in [5.41, 5.74) is 0.107. The molecule has 2 aliphatic rings. The van der Waals surface area contributed by atoms with Gasteiger partial charge in [-0.15, -0.1) is 0 Å². The quantitative estimate of drug-likeness (QED) is 0.607. The van der Waals surface area contributed by atoms with E-state index in [0.717, 1.165) is 18.9 Å². The molecule has 2 fully saturated rings. The molecule has 2 N–H and O–H groups in total. The van der Waals surface area contributed by atoms with Gasteiger partial charge >= 0.3 is 0 Å². The Morgan fingerprint density at radius 2 is 2.15 bits per heavy atom. The van der Waals surface area contributed by atoms with E-state index in [2.05, 4.69) is 36.4 Å². The number of aliphatic imine (C=N–C) groups is 1. The summed E-state index contributed by atoms with van der Waals surface area (Å²) in [4.78, 5) is 4.31. The lowest BCUT2D eigenvalue weighted by molar-refractivity contribution is 0.0204. The van der Waals surface area contributed by atoms with Crippen LogP contribution in [0.5, 0.6) is 0 Å². The van der Waals surface area contributed by atoms with Crippen LogP contribution in [0, 0.1) is 5.41 Å². The lowest BCUT2D eigenvalue weighted by Crippen LogP contribution is -2.50. The molecule has 0 amide bonds. The standard InChI is InChI=1S/C15H29N3O2/c1-15(2,3)13(19-5)9-17-14(16-4)18-11-8-10-6-7-12(11)20-10/h10-13H,6-9H2,1-5H3,(H2,16,17,18). The first kappa shape index (κ1) is 15.6. The topological polar surface area (TPSA) is 54.9 Å². The minimum Gasteiger partial charge on any atom is -0.379 e. The largest absolute Gasteiger partial charge is 0.379 e. The van der Waals surface area contributed by atoms with Crippen molar-refractivity contribution in [1.82, 2.24) is 10.6 Å². The number of nitrogens with one attached hydrogen (secondary N) is 2. The molecule has 0 spiro atoms. The van der Waals surface area contributed by atoms with Gasteiger partial charge in [-0.2, -0.15) is 0 Å². The Morgan fingerprint density at radius 1 is 1.40 bits per heavy atom. The lowest BCUT2D eigenvalue weighted by Gasteiger charge is -2.30. The molecule has 4 atom stereocenters. The number of methoxy groups -OCH3 is 1. The molecule has 0 radical (unpaired) electrons. The molecular weight excluding hydrogens is 254 g/mol. The summed E-state index contributed by atoms with van der Waals surface area (Å²) in [5.74, 6) is 0.845. The van der Waals surface area contributed by atoms with E-state index < -0.39 is 0 Å². The van der Waals surface area contributed by atoms with E-state index in [1.807, 2.05) is 7.05 Å². The molecule has 0 aromatic heterocycles. The summed E-state index contributed by atoms with van der Waals surface area (Å²) in [6.45, 7) is 7.30. The van der Waals surface area contributed by atoms with E-state index in [4.69, 9.17) is 9.47 Å². The van der Waals surface area contributed by atoms with Crippen molar-refractivity contribution in [3.8, 4) is 0 Å². The van der Waals surface area contributed by atoms with Crippen LogP contribution >= 0.6 is 0 Å². The average molecular weight is 283 g/mol. The first-order chi connectivity index (χ1) is 9.44. The van der Waals surface area contributed by atoms with Crippen molar-refractivity contribution in [2.75, 3.05) is 20.7 Å². The Balaban J connectivity index is 1.81. The summed E-state index contributed by atoms with van der Waals surface area (Å²) in [6.07, 6.45) is 4.44. The predicted octanol–water partition coefficient (Wildman–Crippen LogP) is 1.53. The Hall–Kier alpha value is -0.810. The maximum atomic E-state index is 5.86. The van der Waals surface area contributed by atoms with E-state index in [-0.39, 0.29) is 11.5 Å². The van der Waals surface area contributed by atoms with Gasteiger partial charge in [-0.05, 0) is 24.7 Å². The molecule has 0 aromatic carbocycles. The van der Waals surface area contributed by atoms with E-state index in [1.54, 1.807) is 7.11 Å². The van der Waals surface area contributed by atoms with Crippen LogP contribution in [-0.4, -0.2) is 51.0 Å². The van der Waals surface area contributed by atoms with Crippen molar-refractivity contribution in [3.63, 3.8) is 0 Å². The average Bonchev–Trinajstić information content (AvgIpc) is 2.98. The number of ether oxygens (including phenoxy) is 2. The van der Waals surface area contributed by atoms with Crippen molar-refractivity contribution in [3.05, 3.63) is 0 Å². The second kappa shape index (κ2) is 6.31. The van der Waals surface area contributed by atoms with Gasteiger partial charge in [0.2, 0.25) is 0 Å². The van der Waals surface area contributed by atoms with E-state index in [1.165, 1.54) is 12.8 Å². The fraction of sp³-hybridized carbons (Fsp3) is 0.933. The fourth-order valence-corrected chi connectivity index (χ4v) is 3.09. The molecule has 5 nitrogen and oxygen atoms in total. The number of hydrogen-bond acceptors (Lipinski definition) is 3. The number of rotatable bonds is 4. The van der Waals surface area contributed by atoms with Crippen LogP contribution in [0.15, 0.2) is 4.99 Å². The Kier molecular flexibility index (Phi) is 4.91. The van der Waals surface area contributed by atoms with E-state index in [0.29, 0.717) is 18.2 Å². The van der Waals surface area contributed by atoms with Crippen LogP contribution < -0.4 is 10.6 Å². The first-order valence-corrected chi connectivity index (χ1v) is 7.59. The van der Waals surface area contributed by atoms with Crippen LogP contribution in [0.2, 0.25) is 0 Å². The normalized spacial score (nSPS) is 31.4. The third-order valence-electron chi connectivity index (χ3n) is 4.36. The highest BCUT2D eigenvalue weighted by Gasteiger charge is 2.41. The molecule has 5 heteroatoms. The van der Waals surface area contributed by atoms with Gasteiger partial charge in [-0.1, -0.05) is 20.8 Å². The molecule has 4 unspecified atom stereocenters. The summed E-state index contributed by atoms with van der Waals surface area (Å²) in [7, 11) is 3.57. The molecule has 2 rings (SSSR count). The maximum Gasteiger partial charge on any atom is 0.191 e. The summed E-state index contributed by atoms with van der Waals surface area (Å²) in [6, 6.07) is 0.399. The van der Waals surface area contributed by atoms with Crippen molar-refractivity contribution in [2.45, 2.75) is 64.4 Å². The van der Waals surface area contributed by atoms with Gasteiger partial charge < -0.3 is 20.1 Å². The molecule has 0 saturated carbocycles. The number of guanidine groups is 1. The minimum absolute atomic E-state index is 0.107. The Labute approximate surface area is 122 Å². The highest BCUT2D eigenvalue weighted by atomic mass is 16.5. The third kappa shape index (κ3) is 3.64. The van der Waals surface area contributed by atoms with Crippen molar-refractivity contribution in [2.24, 2.45) is 10.4 Å². The molecule has 116 valence electrons. The van der Waals surface area contributed by atoms with Gasteiger partial charge in [0, 0.05) is 20.7 Å². The molecule has 2 saturated heterocycles. The smallest absolute Gasteiger partial charge is 0.191 e. The van der Waals surface area contributed by atoms with Gasteiger partial charge in [0.05, 0.1) is 24.4 Å². The third-order valence-corrected chi connectivity index (χ3v) is 4.36. The summed E-state index contributed by atoms with van der Waals surface area (Å²) >= 11 is 0. The second-order valence-corrected chi connectivity index (χ2v) is 6.90. The Morgan fingerprint density at radius 3 is 2.60 bits per heavy atom. The number of fused-ring (bicyclic) bond motifs is 2. The summed E-state index contributed by atoms with van der Waals surface area (Å²) < 4.78 is 11.4. The second-order valence-electron chi connectivity index (χ2n) is 6.90. The molecule has 2 heterocycles. The molecule has 20 heavy (non-hydrogen) atoms. The molecule has 0 aromatic rings. The van der Waals surface area contributed by atoms with Crippen LogP contribution in [0.25, 0.3) is 0 Å². The van der Waals surface area contributed by atoms with E-state index >= 15 is 0 Å². The van der Waals surface area contributed by atoms with Crippen molar-refractivity contribution in [1.29, 1.82) is 0 Å². The van der Waals surface area contributed by atoms with Gasteiger partial charge in [-0.25, -0.2) is 0 Å². The van der Waals surface area contributed by atoms with Crippen LogP contribution in [-0.2, 0) is 9.47 Å². The van der Waals surface area contributed by atoms with Crippen LogP contribution in [0.1, 0.15) is 40.0 Å². The van der Waals surface area contributed by atoms with Gasteiger partial charge in [0.15, 0.2) is 5.96 Å². The van der Waals surface area contributed by atoms with Crippen LogP contribution in [0.3, 0.4) is 0 Å². The first-order valence-electron chi connectivity index (χ1n) is 7.59. The monoisotopic (exact) mass is 283 g/mol. The highest BCUT2D eigenvalue weighted by molar-refractivity contribution is 5.80. The molecule has 0 aliphatic carbocycles. The highest BCUT2D eigenvalue weighted by Crippen LogP contribution is 2.34. The van der Waals surface area contributed by atoms with Crippen LogP contribution in [0.4, 0.5) is 0 Å². The fourth-order valence-electron chi connectivity index (χ4n) is 3.09. The molecular formula is C15H29N3O2. The lowest BCUT2D eigenvalue weighted by atomic mass is 9.89. The summed E-state index contributed by atoms with van der Waals surface area (Å²) in [5, 5.41) is 6.86. The Bertz CT molecular complexity index is 352. The van der Waals surface area contributed by atoms with Gasteiger partial charge in [0.1, 0.15) is 0 Å². The van der Waals surface area contributed by atoms with Gasteiger partial charge in [-0.3, -0.25) is 4.99 Å². The van der Waals surface area contributed by atoms with Crippen molar-refractivity contribution < 1.29 is 9.47 Å². The number of hydrogen-bond donors (Lipinski definition) is 2. The SMILES string of the molecule is CN=C(NCC(OC)C(C)(C)C)NC1CC2CCC1O2. The molecule has 2 aliphatic heterocycles. The van der Waals surface area contributed by atoms with Gasteiger partial charge in [0.25, 0.3) is 0 Å². The maximum absolute atomic E-state index is 5.86. The predicted molar refractivity (Wildman–Crippen MR) is 81.0 cm³/mol. The zero-order valence-electron chi connectivity index (χ0n) is 13.4. The number of nitrogens with zero attached hydrogens (tertiary/aromatic N) is 1. The zero-order valence-corrected chi connectivity index (χ0v) is 13.4.